The SMILES string of the molecule is COc1ccc(CNC(=S)NCc2cccc(C(=O)N3CCCCC3)c2)cc1. The minimum absolute atomic E-state index is 0.127. The number of carbonyl (C=O) groups is 1. The number of nitrogens with one attached hydrogen (secondary N) is 2. The van der Waals surface area contributed by atoms with Gasteiger partial charge < -0.3 is 20.3 Å². The van der Waals surface area contributed by atoms with Crippen molar-refractivity contribution in [2.45, 2.75) is 32.4 Å². The van der Waals surface area contributed by atoms with E-state index in [2.05, 4.69) is 10.6 Å². The molecule has 0 saturated carbocycles. The van der Waals surface area contributed by atoms with Crippen molar-refractivity contribution in [2.75, 3.05) is 20.2 Å². The maximum Gasteiger partial charge on any atom is 0.253 e. The number of thiocarbonyl (C=S) groups is 1. The molecule has 1 aliphatic heterocycles. The fourth-order valence-corrected chi connectivity index (χ4v) is 3.41. The van der Waals surface area contributed by atoms with E-state index in [4.69, 9.17) is 17.0 Å². The highest BCUT2D eigenvalue weighted by atomic mass is 32.1. The highest BCUT2D eigenvalue weighted by Crippen LogP contribution is 2.14. The molecule has 2 N–H and O–H groups in total. The van der Waals surface area contributed by atoms with Crippen LogP contribution in [0.3, 0.4) is 0 Å². The van der Waals surface area contributed by atoms with Crippen LogP contribution in [-0.2, 0) is 13.1 Å². The number of hydrogen-bond acceptors (Lipinski definition) is 3. The van der Waals surface area contributed by atoms with Gasteiger partial charge in [-0.05, 0) is 66.9 Å². The summed E-state index contributed by atoms with van der Waals surface area (Å²) in [7, 11) is 1.65. The minimum atomic E-state index is 0.127. The molecule has 2 aromatic carbocycles. The second kappa shape index (κ2) is 10.1. The normalized spacial score (nSPS) is 13.7. The van der Waals surface area contributed by atoms with Crippen LogP contribution in [0.25, 0.3) is 0 Å². The first kappa shape index (κ1) is 20.1. The summed E-state index contributed by atoms with van der Waals surface area (Å²) in [5.41, 5.74) is 2.91. The van der Waals surface area contributed by atoms with Gasteiger partial charge in [0, 0.05) is 31.7 Å². The third kappa shape index (κ3) is 5.70. The molecule has 0 aliphatic carbocycles. The van der Waals surface area contributed by atoms with Gasteiger partial charge in [-0.3, -0.25) is 4.79 Å². The second-order valence-electron chi connectivity index (χ2n) is 6.94. The Hall–Kier alpha value is -2.60. The van der Waals surface area contributed by atoms with Gasteiger partial charge in [-0.15, -0.1) is 0 Å². The lowest BCUT2D eigenvalue weighted by molar-refractivity contribution is 0.0724. The summed E-state index contributed by atoms with van der Waals surface area (Å²) < 4.78 is 5.16. The highest BCUT2D eigenvalue weighted by Gasteiger charge is 2.18. The Balaban J connectivity index is 1.48. The molecule has 1 fully saturated rings. The topological polar surface area (TPSA) is 53.6 Å². The first-order valence-corrected chi connectivity index (χ1v) is 10.1. The van der Waals surface area contributed by atoms with Crippen molar-refractivity contribution in [1.82, 2.24) is 15.5 Å². The molecule has 0 radical (unpaired) electrons. The fourth-order valence-electron chi connectivity index (χ4n) is 3.26. The van der Waals surface area contributed by atoms with E-state index in [1.165, 1.54) is 6.42 Å². The summed E-state index contributed by atoms with van der Waals surface area (Å²) in [6.07, 6.45) is 3.41. The molecule has 0 unspecified atom stereocenters. The molecule has 0 atom stereocenters. The lowest BCUT2D eigenvalue weighted by Crippen LogP contribution is -2.36. The Morgan fingerprint density at radius 3 is 2.36 bits per heavy atom. The van der Waals surface area contributed by atoms with Crippen molar-refractivity contribution in [2.24, 2.45) is 0 Å². The zero-order valence-corrected chi connectivity index (χ0v) is 17.1. The fraction of sp³-hybridized carbons (Fsp3) is 0.364. The monoisotopic (exact) mass is 397 g/mol. The number of benzene rings is 2. The second-order valence-corrected chi connectivity index (χ2v) is 7.35. The van der Waals surface area contributed by atoms with Crippen molar-refractivity contribution in [1.29, 1.82) is 0 Å². The van der Waals surface area contributed by atoms with E-state index >= 15 is 0 Å². The van der Waals surface area contributed by atoms with E-state index < -0.39 is 0 Å². The Kier molecular flexibility index (Phi) is 7.25. The van der Waals surface area contributed by atoms with E-state index in [1.807, 2.05) is 53.4 Å². The molecule has 1 aliphatic rings. The predicted molar refractivity (Wildman–Crippen MR) is 115 cm³/mol. The van der Waals surface area contributed by atoms with Crippen molar-refractivity contribution < 1.29 is 9.53 Å². The molecule has 1 amide bonds. The van der Waals surface area contributed by atoms with E-state index in [-0.39, 0.29) is 5.91 Å². The molecular formula is C22H27N3O2S. The summed E-state index contributed by atoms with van der Waals surface area (Å²) in [6, 6.07) is 15.6. The third-order valence-corrected chi connectivity index (χ3v) is 5.17. The maximum atomic E-state index is 12.7. The number of nitrogens with zero attached hydrogens (tertiary/aromatic N) is 1. The molecule has 0 aromatic heterocycles. The first-order chi connectivity index (χ1) is 13.7. The van der Waals surface area contributed by atoms with Gasteiger partial charge in [-0.2, -0.15) is 0 Å². The van der Waals surface area contributed by atoms with E-state index in [1.54, 1.807) is 7.11 Å². The summed E-state index contributed by atoms with van der Waals surface area (Å²) >= 11 is 5.37. The van der Waals surface area contributed by atoms with Crippen LogP contribution in [0.15, 0.2) is 48.5 Å². The molecule has 2 aromatic rings. The Morgan fingerprint density at radius 2 is 1.68 bits per heavy atom. The molecule has 0 spiro atoms. The lowest BCUT2D eigenvalue weighted by atomic mass is 10.1. The van der Waals surface area contributed by atoms with Gasteiger partial charge in [0.05, 0.1) is 7.11 Å². The van der Waals surface area contributed by atoms with Crippen LogP contribution in [0.4, 0.5) is 0 Å². The molecular weight excluding hydrogens is 370 g/mol. The quantitative estimate of drug-likeness (QED) is 0.731. The lowest BCUT2D eigenvalue weighted by Gasteiger charge is -2.26. The molecule has 148 valence electrons. The number of ether oxygens (including phenoxy) is 1. The molecule has 6 heteroatoms. The summed E-state index contributed by atoms with van der Waals surface area (Å²) in [4.78, 5) is 14.6. The summed E-state index contributed by atoms with van der Waals surface area (Å²) in [6.45, 7) is 2.94. The van der Waals surface area contributed by atoms with Gasteiger partial charge in [0.2, 0.25) is 0 Å². The van der Waals surface area contributed by atoms with E-state index in [0.717, 1.165) is 48.4 Å². The molecule has 1 saturated heterocycles. The standard InChI is InChI=1S/C22H27N3O2S/c1-27-20-10-8-17(9-11-20)15-23-22(28)24-16-18-6-5-7-19(14-18)21(26)25-12-3-2-4-13-25/h5-11,14H,2-4,12-13,15-16H2,1H3,(H2,23,24,28). The van der Waals surface area contributed by atoms with Crippen LogP contribution in [0, 0.1) is 0 Å². The van der Waals surface area contributed by atoms with Crippen LogP contribution in [0.1, 0.15) is 40.7 Å². The van der Waals surface area contributed by atoms with Crippen molar-refractivity contribution in [3.63, 3.8) is 0 Å². The van der Waals surface area contributed by atoms with Crippen molar-refractivity contribution in [3.8, 4) is 5.75 Å². The number of likely N-dealkylation sites (tertiary alicyclic amines) is 1. The number of methoxy groups -OCH3 is 1. The molecule has 3 rings (SSSR count). The predicted octanol–water partition coefficient (Wildman–Crippen LogP) is 3.49. The smallest absolute Gasteiger partial charge is 0.253 e. The van der Waals surface area contributed by atoms with Gasteiger partial charge in [0.15, 0.2) is 5.11 Å². The molecule has 28 heavy (non-hydrogen) atoms. The molecule has 0 bridgehead atoms. The van der Waals surface area contributed by atoms with E-state index in [0.29, 0.717) is 18.2 Å². The van der Waals surface area contributed by atoms with Gasteiger partial charge in [0.1, 0.15) is 5.75 Å². The van der Waals surface area contributed by atoms with Gasteiger partial charge in [0.25, 0.3) is 5.91 Å². The van der Waals surface area contributed by atoms with Crippen LogP contribution >= 0.6 is 12.2 Å². The van der Waals surface area contributed by atoms with Gasteiger partial charge >= 0.3 is 0 Å². The van der Waals surface area contributed by atoms with Gasteiger partial charge in [-0.25, -0.2) is 0 Å². The van der Waals surface area contributed by atoms with Crippen LogP contribution in [0.5, 0.6) is 5.75 Å². The largest absolute Gasteiger partial charge is 0.497 e. The zero-order valence-electron chi connectivity index (χ0n) is 16.2. The number of piperidine rings is 1. The average molecular weight is 398 g/mol. The Morgan fingerprint density at radius 1 is 1.00 bits per heavy atom. The van der Waals surface area contributed by atoms with E-state index in [9.17, 15) is 4.79 Å². The van der Waals surface area contributed by atoms with Crippen LogP contribution < -0.4 is 15.4 Å². The van der Waals surface area contributed by atoms with Crippen molar-refractivity contribution >= 4 is 23.2 Å². The molecule has 5 nitrogen and oxygen atoms in total. The highest BCUT2D eigenvalue weighted by molar-refractivity contribution is 7.80. The molecule has 1 heterocycles. The zero-order chi connectivity index (χ0) is 19.8. The van der Waals surface area contributed by atoms with Crippen LogP contribution in [-0.4, -0.2) is 36.1 Å². The maximum absolute atomic E-state index is 12.7. The Bertz CT molecular complexity index is 802. The minimum Gasteiger partial charge on any atom is -0.497 e. The van der Waals surface area contributed by atoms with Crippen molar-refractivity contribution in [3.05, 3.63) is 65.2 Å². The van der Waals surface area contributed by atoms with Gasteiger partial charge in [-0.1, -0.05) is 24.3 Å². The number of rotatable bonds is 6. The first-order valence-electron chi connectivity index (χ1n) is 9.68. The van der Waals surface area contributed by atoms with Crippen LogP contribution in [0.2, 0.25) is 0 Å². The third-order valence-electron chi connectivity index (χ3n) is 4.88. The number of amides is 1. The number of carbonyl (C=O) groups excluding carboxylic acids is 1. The Labute approximate surface area is 172 Å². The number of hydrogen-bond donors (Lipinski definition) is 2. The summed E-state index contributed by atoms with van der Waals surface area (Å²) in [5, 5.41) is 6.99. The summed E-state index contributed by atoms with van der Waals surface area (Å²) in [5.74, 6) is 0.963. The average Bonchev–Trinajstić information content (AvgIpc) is 2.77.